The summed E-state index contributed by atoms with van der Waals surface area (Å²) >= 11 is 0. The number of rotatable bonds is 4. The number of terminal acetylenes is 2. The average molecular weight is 1310 g/mol. The van der Waals surface area contributed by atoms with Gasteiger partial charge in [0.2, 0.25) is 0 Å². The first-order valence-corrected chi connectivity index (χ1v) is 27.1. The van der Waals surface area contributed by atoms with E-state index in [1.807, 2.05) is 24.3 Å². The van der Waals surface area contributed by atoms with E-state index in [0.717, 1.165) is 66.1 Å². The molecule has 10 rings (SSSR count). The van der Waals surface area contributed by atoms with Crippen molar-refractivity contribution in [2.75, 3.05) is 0 Å². The first-order chi connectivity index (χ1) is 32.5. The standard InChI is InChI=1S/C20H26O.C20H24O.C8H14.C8H12.2CH4.2CH3.2Ba.2HO4S/c2*1-3-14-5-9-19-18-7-4-13-12-15(21)6-8-16(13)17(18)10-11-20(14,19)2;2*1-3-8-6-4-5-7(8)2;;;;;;;2*1-4-5(2)3/h3,6,8,12,14,17-19,21H,1,4-5,7,9-11H2,2H3;1,6,8,12,14,17-19,21H,4-5,7,9-11H2,2H3;3,7-8H,1,4-6H2,2H3;1,7-8H,4-6H2,2H3;2*1H4;2*1H3;;;2*1H/q;;;;;;2*-1;2*+2;2*-1/t2*14-,17?,18?,19?,20+;2*7-,8+;;;;;;;;/m0011......../s1. The van der Waals surface area contributed by atoms with Gasteiger partial charge < -0.3 is 41.9 Å². The molecule has 0 spiro atoms. The quantitative estimate of drug-likeness (QED) is 0.0440. The summed E-state index contributed by atoms with van der Waals surface area (Å²) in [7, 11) is -5.53. The molecule has 0 heterocycles. The van der Waals surface area contributed by atoms with Crippen molar-refractivity contribution in [2.24, 2.45) is 70.0 Å². The van der Waals surface area contributed by atoms with Crippen molar-refractivity contribution in [3.05, 3.63) is 98.8 Å². The molecule has 74 heavy (non-hydrogen) atoms. The van der Waals surface area contributed by atoms with Crippen LogP contribution in [0.3, 0.4) is 0 Å². The van der Waals surface area contributed by atoms with Crippen LogP contribution in [0, 0.1) is 110 Å². The van der Waals surface area contributed by atoms with Crippen molar-refractivity contribution in [3.63, 3.8) is 0 Å². The zero-order chi connectivity index (χ0) is 49.8. The van der Waals surface area contributed by atoms with E-state index in [0.29, 0.717) is 40.1 Å². The van der Waals surface area contributed by atoms with Gasteiger partial charge in [0.15, 0.2) is 0 Å². The second-order valence-electron chi connectivity index (χ2n) is 21.4. The van der Waals surface area contributed by atoms with E-state index in [4.69, 9.17) is 40.2 Å². The number of aryl methyl sites for hydroxylation is 2. The molecule has 0 aliphatic heterocycles. The Bertz CT molecular complexity index is 2220. The van der Waals surface area contributed by atoms with Crippen LogP contribution in [0.1, 0.15) is 179 Å². The Morgan fingerprint density at radius 3 is 1.43 bits per heavy atom. The molecule has 0 saturated heterocycles. The number of allylic oxidation sites excluding steroid dienone is 2. The molecule has 6 saturated carbocycles. The zero-order valence-corrected chi connectivity index (χ0v) is 54.8. The summed E-state index contributed by atoms with van der Waals surface area (Å²) in [6.45, 7) is 17.4. The summed E-state index contributed by atoms with van der Waals surface area (Å²) in [6.07, 6.45) is 38.9. The largest absolute Gasteiger partial charge is 2.00 e. The molecule has 14 heteroatoms. The van der Waals surface area contributed by atoms with Crippen LogP contribution in [-0.4, -0.2) is 118 Å². The summed E-state index contributed by atoms with van der Waals surface area (Å²) in [5.41, 5.74) is 6.70. The molecule has 4 N–H and O–H groups in total. The van der Waals surface area contributed by atoms with Gasteiger partial charge in [-0.3, -0.25) is 19.2 Å². The van der Waals surface area contributed by atoms with Gasteiger partial charge in [0.1, 0.15) is 11.5 Å². The summed E-state index contributed by atoms with van der Waals surface area (Å²) in [4.78, 5) is 0. The predicted molar refractivity (Wildman–Crippen MR) is 306 cm³/mol. The third-order valence-electron chi connectivity index (χ3n) is 18.4. The van der Waals surface area contributed by atoms with Gasteiger partial charge >= 0.3 is 97.8 Å². The predicted octanol–water partition coefficient (Wildman–Crippen LogP) is 15.0. The Morgan fingerprint density at radius 2 is 1.07 bits per heavy atom. The molecule has 0 bridgehead atoms. The molecule has 408 valence electrons. The fourth-order valence-corrected chi connectivity index (χ4v) is 14.8. The van der Waals surface area contributed by atoms with Crippen molar-refractivity contribution < 1.29 is 46.2 Å². The summed E-state index contributed by atoms with van der Waals surface area (Å²) in [5, 5.41) is 33.5. The second-order valence-corrected chi connectivity index (χ2v) is 22.6. The number of benzene rings is 2. The van der Waals surface area contributed by atoms with Crippen LogP contribution in [0.5, 0.6) is 11.5 Å². The van der Waals surface area contributed by atoms with E-state index in [1.54, 1.807) is 0 Å². The molecular weight excluding hydrogens is 1220 g/mol. The summed E-state index contributed by atoms with van der Waals surface area (Å²) in [6, 6.07) is 12.1. The van der Waals surface area contributed by atoms with Crippen molar-refractivity contribution in [1.29, 1.82) is 0 Å². The molecule has 2 aromatic carbocycles. The van der Waals surface area contributed by atoms with Crippen LogP contribution in [-0.2, 0) is 60.3 Å². The maximum Gasteiger partial charge on any atom is 2.00 e. The smallest absolute Gasteiger partial charge is 0.508 e. The van der Waals surface area contributed by atoms with E-state index >= 15 is 0 Å². The molecule has 8 aliphatic rings. The number of phenolic OH excluding ortho intramolecular Hbond substituents is 2. The molecule has 14 atom stereocenters. The van der Waals surface area contributed by atoms with Gasteiger partial charge in [-0.1, -0.05) is 86.1 Å². The van der Waals surface area contributed by atoms with Crippen LogP contribution in [0.4, 0.5) is 0 Å². The number of fused-ring (bicyclic) bond motifs is 10. The van der Waals surface area contributed by atoms with E-state index in [1.165, 1.54) is 125 Å². The Labute approximate surface area is 534 Å². The molecule has 0 aromatic heterocycles. The van der Waals surface area contributed by atoms with Gasteiger partial charge in [0, 0.05) is 11.8 Å². The number of aromatic hydroxyl groups is 2. The second kappa shape index (κ2) is 36.0. The Morgan fingerprint density at radius 1 is 0.622 bits per heavy atom. The number of hydrogen-bond donors (Lipinski definition) is 4. The van der Waals surface area contributed by atoms with Gasteiger partial charge in [-0.15, -0.1) is 37.8 Å². The third-order valence-corrected chi connectivity index (χ3v) is 18.7. The zero-order valence-electron chi connectivity index (χ0n) is 44.3. The van der Waals surface area contributed by atoms with Gasteiger partial charge in [-0.25, -0.2) is 0 Å². The fourth-order valence-electron chi connectivity index (χ4n) is 14.8. The molecule has 10 nitrogen and oxygen atoms in total. The van der Waals surface area contributed by atoms with Crippen LogP contribution >= 0.6 is 0 Å². The molecule has 8 aliphatic carbocycles. The van der Waals surface area contributed by atoms with Gasteiger partial charge in [0.05, 0.1) is 22.0 Å². The molecule has 0 radical (unpaired) electrons. The monoisotopic (exact) mass is 1310 g/mol. The maximum atomic E-state index is 9.73. The van der Waals surface area contributed by atoms with Gasteiger partial charge in [-0.05, 0) is 213 Å². The van der Waals surface area contributed by atoms with Crippen molar-refractivity contribution in [2.45, 2.75) is 170 Å². The average Bonchev–Trinajstić information content (AvgIpc) is 4.13. The van der Waals surface area contributed by atoms with E-state index in [-0.39, 0.29) is 127 Å². The van der Waals surface area contributed by atoms with E-state index < -0.39 is 22.0 Å². The molecule has 6 unspecified atom stereocenters. The normalized spacial score (nSPS) is 32.5. The fraction of sp³-hybridized carbons (Fsp3) is 0.633. The Kier molecular flexibility index (Phi) is 36.8. The Balaban J connectivity index is 0. The summed E-state index contributed by atoms with van der Waals surface area (Å²) < 4.78 is 40.9. The minimum absolute atomic E-state index is 0. The van der Waals surface area contributed by atoms with Crippen molar-refractivity contribution in [3.8, 4) is 36.2 Å². The first kappa shape index (κ1) is 75.6. The van der Waals surface area contributed by atoms with Gasteiger partial charge in [0.25, 0.3) is 0 Å². The maximum absolute atomic E-state index is 9.73. The first-order valence-electron chi connectivity index (χ1n) is 25.1. The topological polar surface area (TPSA) is 168 Å². The Hall–Kier alpha value is -0.477. The van der Waals surface area contributed by atoms with E-state index in [9.17, 15) is 10.2 Å². The number of hydrogen-bond acceptors (Lipinski definition) is 12. The molecule has 2 aromatic rings. The summed E-state index contributed by atoms with van der Waals surface area (Å²) in [5.74, 6) is 15.9. The van der Waals surface area contributed by atoms with Crippen molar-refractivity contribution >= 4 is 120 Å². The van der Waals surface area contributed by atoms with Crippen LogP contribution in [0.25, 0.3) is 0 Å². The molecule has 6 fully saturated rings. The van der Waals surface area contributed by atoms with Crippen LogP contribution < -0.4 is 0 Å². The van der Waals surface area contributed by atoms with Crippen molar-refractivity contribution in [1.82, 2.24) is 0 Å². The van der Waals surface area contributed by atoms with Gasteiger partial charge in [-0.2, -0.15) is 0 Å². The molecular formula is C60H92Ba2O10S2. The number of phenols is 2. The minimum atomic E-state index is -2.77. The van der Waals surface area contributed by atoms with Crippen LogP contribution in [0.2, 0.25) is 0 Å². The minimum Gasteiger partial charge on any atom is -0.508 e. The third kappa shape index (κ3) is 18.8. The molecule has 0 amide bonds. The van der Waals surface area contributed by atoms with E-state index in [2.05, 4.69) is 85.6 Å². The van der Waals surface area contributed by atoms with Crippen LogP contribution in [0.15, 0.2) is 61.7 Å². The SMILES string of the molecule is C.C.C#C[C@H]1CCC2C3CCc4cc(O)ccc4C3CC[C@@]21C.C#C[C@H]1CCC[C@H]1C.C=C[C@H]1CCC2C3CCc4cc(O)ccc4C3CC[C@@]21C.C=C[C@H]1CCC[C@H]1C.O=[S-](=O)OO.O=[S-](=O)OO.[Ba+2].[Ba+2].[CH3-].[CH3-].